The van der Waals surface area contributed by atoms with E-state index in [0.717, 1.165) is 43.0 Å². The van der Waals surface area contributed by atoms with Crippen LogP contribution in [-0.2, 0) is 22.4 Å². The molecule has 1 aliphatic heterocycles. The lowest BCUT2D eigenvalue weighted by atomic mass is 9.94. The average Bonchev–Trinajstić information content (AvgIpc) is 3.07. The van der Waals surface area contributed by atoms with E-state index >= 15 is 0 Å². The van der Waals surface area contributed by atoms with Crippen LogP contribution < -0.4 is 10.2 Å². The Bertz CT molecular complexity index is 783. The van der Waals surface area contributed by atoms with Crippen LogP contribution in [-0.4, -0.2) is 49.2 Å². The zero-order valence-corrected chi connectivity index (χ0v) is 16.1. The molecule has 0 bridgehead atoms. The number of methoxy groups -OCH3 is 1. The Kier molecular flexibility index (Phi) is 5.36. The van der Waals surface area contributed by atoms with Gasteiger partial charge in [-0.15, -0.1) is 11.3 Å². The van der Waals surface area contributed by atoms with Crippen LogP contribution in [0.4, 0.5) is 5.82 Å². The number of anilines is 1. The zero-order valence-electron chi connectivity index (χ0n) is 15.3. The maximum atomic E-state index is 12.3. The van der Waals surface area contributed by atoms with E-state index in [4.69, 9.17) is 4.74 Å². The number of aryl methyl sites for hydroxylation is 2. The molecule has 0 saturated carbocycles. The van der Waals surface area contributed by atoms with Crippen molar-refractivity contribution >= 4 is 33.3 Å². The Morgan fingerprint density at radius 3 is 2.92 bits per heavy atom. The van der Waals surface area contributed by atoms with Crippen molar-refractivity contribution in [3.63, 3.8) is 0 Å². The number of nitrogens with zero attached hydrogens (tertiary/aromatic N) is 3. The van der Waals surface area contributed by atoms with Gasteiger partial charge in [0.1, 0.15) is 17.0 Å². The van der Waals surface area contributed by atoms with Gasteiger partial charge in [-0.25, -0.2) is 9.97 Å². The number of rotatable bonds is 5. The van der Waals surface area contributed by atoms with Crippen LogP contribution in [0.3, 0.4) is 0 Å². The number of amides is 1. The van der Waals surface area contributed by atoms with Gasteiger partial charge in [-0.3, -0.25) is 4.79 Å². The second-order valence-corrected chi connectivity index (χ2v) is 8.22. The van der Waals surface area contributed by atoms with E-state index in [-0.39, 0.29) is 11.8 Å². The Morgan fingerprint density at radius 1 is 1.31 bits per heavy atom. The molecule has 2 aromatic heterocycles. The average molecular weight is 375 g/mol. The summed E-state index contributed by atoms with van der Waals surface area (Å²) in [4.78, 5) is 26.4. The standard InChI is InChI=1S/C19H26N4O2S/c1-25-11-8-20-18(24)13-6-9-23(10-7-13)17-16-14-4-2-3-5-15(14)26-19(16)22-12-21-17/h12-13H,2-11H2,1H3,(H,20,24). The molecule has 0 unspecified atom stereocenters. The first-order valence-corrected chi connectivity index (χ1v) is 10.4. The SMILES string of the molecule is COCCNC(=O)C1CCN(c2ncnc3sc4c(c23)CCCC4)CC1. The highest BCUT2D eigenvalue weighted by Gasteiger charge is 2.28. The molecule has 0 radical (unpaired) electrons. The molecule has 1 amide bonds. The van der Waals surface area contributed by atoms with Crippen molar-refractivity contribution in [2.75, 3.05) is 38.3 Å². The van der Waals surface area contributed by atoms with E-state index in [2.05, 4.69) is 20.2 Å². The summed E-state index contributed by atoms with van der Waals surface area (Å²) in [6, 6.07) is 0. The number of aromatic nitrogens is 2. The minimum atomic E-state index is 0.0943. The molecule has 1 aliphatic carbocycles. The Balaban J connectivity index is 1.48. The molecular formula is C19H26N4O2S. The van der Waals surface area contributed by atoms with Crippen molar-refractivity contribution < 1.29 is 9.53 Å². The molecule has 2 aliphatic rings. The smallest absolute Gasteiger partial charge is 0.223 e. The quantitative estimate of drug-likeness (QED) is 0.815. The van der Waals surface area contributed by atoms with Crippen molar-refractivity contribution in [2.45, 2.75) is 38.5 Å². The fourth-order valence-corrected chi connectivity index (χ4v) is 5.31. The Hall–Kier alpha value is -1.73. The first-order valence-electron chi connectivity index (χ1n) is 9.54. The summed E-state index contributed by atoms with van der Waals surface area (Å²) in [6.45, 7) is 2.90. The molecule has 26 heavy (non-hydrogen) atoms. The predicted octanol–water partition coefficient (Wildman–Crippen LogP) is 2.55. The van der Waals surface area contributed by atoms with Gasteiger partial charge >= 0.3 is 0 Å². The Morgan fingerprint density at radius 2 is 2.12 bits per heavy atom. The van der Waals surface area contributed by atoms with Crippen LogP contribution in [0.15, 0.2) is 6.33 Å². The fraction of sp³-hybridized carbons (Fsp3) is 0.632. The Labute approximate surface area is 158 Å². The van der Waals surface area contributed by atoms with E-state index in [1.807, 2.05) is 11.3 Å². The highest BCUT2D eigenvalue weighted by atomic mass is 32.1. The summed E-state index contributed by atoms with van der Waals surface area (Å²) in [7, 11) is 1.65. The summed E-state index contributed by atoms with van der Waals surface area (Å²) in [5.74, 6) is 1.33. The summed E-state index contributed by atoms with van der Waals surface area (Å²) >= 11 is 1.84. The largest absolute Gasteiger partial charge is 0.383 e. The third kappa shape index (κ3) is 3.42. The summed E-state index contributed by atoms with van der Waals surface area (Å²) in [5, 5.41) is 4.24. The van der Waals surface area contributed by atoms with Gasteiger partial charge in [0.15, 0.2) is 0 Å². The van der Waals surface area contributed by atoms with Gasteiger partial charge in [-0.05, 0) is 44.1 Å². The fourth-order valence-electron chi connectivity index (χ4n) is 4.09. The monoisotopic (exact) mass is 374 g/mol. The summed E-state index contributed by atoms with van der Waals surface area (Å²) < 4.78 is 5.00. The molecule has 1 fully saturated rings. The van der Waals surface area contributed by atoms with E-state index < -0.39 is 0 Å². The van der Waals surface area contributed by atoms with Crippen LogP contribution >= 0.6 is 11.3 Å². The van der Waals surface area contributed by atoms with Crippen LogP contribution in [0.5, 0.6) is 0 Å². The number of ether oxygens (including phenoxy) is 1. The van der Waals surface area contributed by atoms with E-state index in [0.29, 0.717) is 13.2 Å². The predicted molar refractivity (Wildman–Crippen MR) is 104 cm³/mol. The molecule has 1 N–H and O–H groups in total. The van der Waals surface area contributed by atoms with E-state index in [1.165, 1.54) is 35.1 Å². The molecule has 0 spiro atoms. The highest BCUT2D eigenvalue weighted by Crippen LogP contribution is 2.39. The molecule has 7 heteroatoms. The molecule has 6 nitrogen and oxygen atoms in total. The minimum Gasteiger partial charge on any atom is -0.383 e. The topological polar surface area (TPSA) is 67.3 Å². The maximum absolute atomic E-state index is 12.3. The third-order valence-corrected chi connectivity index (χ3v) is 6.70. The second kappa shape index (κ2) is 7.88. The van der Waals surface area contributed by atoms with Gasteiger partial charge in [0, 0.05) is 37.5 Å². The molecule has 1 saturated heterocycles. The lowest BCUT2D eigenvalue weighted by Gasteiger charge is -2.32. The minimum absolute atomic E-state index is 0.0943. The first kappa shape index (κ1) is 17.7. The number of hydrogen-bond donors (Lipinski definition) is 1. The maximum Gasteiger partial charge on any atom is 0.223 e. The lowest BCUT2D eigenvalue weighted by molar-refractivity contribution is -0.125. The highest BCUT2D eigenvalue weighted by molar-refractivity contribution is 7.19. The van der Waals surface area contributed by atoms with Gasteiger partial charge in [0.05, 0.1) is 12.0 Å². The number of carbonyl (C=O) groups is 1. The van der Waals surface area contributed by atoms with Crippen molar-refractivity contribution in [1.82, 2.24) is 15.3 Å². The summed E-state index contributed by atoms with van der Waals surface area (Å²) in [5.41, 5.74) is 1.48. The van der Waals surface area contributed by atoms with Gasteiger partial charge in [0.2, 0.25) is 5.91 Å². The molecule has 0 aromatic carbocycles. The van der Waals surface area contributed by atoms with Crippen molar-refractivity contribution in [3.8, 4) is 0 Å². The van der Waals surface area contributed by atoms with Crippen molar-refractivity contribution in [1.29, 1.82) is 0 Å². The number of carbonyl (C=O) groups excluding carboxylic acids is 1. The molecule has 2 aromatic rings. The van der Waals surface area contributed by atoms with Crippen LogP contribution in [0.2, 0.25) is 0 Å². The molecule has 4 rings (SSSR count). The van der Waals surface area contributed by atoms with E-state index in [9.17, 15) is 4.79 Å². The van der Waals surface area contributed by atoms with Gasteiger partial charge in [-0.1, -0.05) is 0 Å². The number of piperidine rings is 1. The lowest BCUT2D eigenvalue weighted by Crippen LogP contribution is -2.41. The van der Waals surface area contributed by atoms with Crippen LogP contribution in [0.1, 0.15) is 36.1 Å². The van der Waals surface area contributed by atoms with Crippen LogP contribution in [0, 0.1) is 5.92 Å². The van der Waals surface area contributed by atoms with Crippen molar-refractivity contribution in [2.24, 2.45) is 5.92 Å². The number of fused-ring (bicyclic) bond motifs is 3. The van der Waals surface area contributed by atoms with Crippen LogP contribution in [0.25, 0.3) is 10.2 Å². The number of hydrogen-bond acceptors (Lipinski definition) is 6. The second-order valence-electron chi connectivity index (χ2n) is 7.13. The van der Waals surface area contributed by atoms with E-state index in [1.54, 1.807) is 13.4 Å². The van der Waals surface area contributed by atoms with Gasteiger partial charge in [0.25, 0.3) is 0 Å². The third-order valence-electron chi connectivity index (χ3n) is 5.50. The normalized spacial score (nSPS) is 18.1. The van der Waals surface area contributed by atoms with Crippen molar-refractivity contribution in [3.05, 3.63) is 16.8 Å². The number of nitrogens with one attached hydrogen (secondary N) is 1. The van der Waals surface area contributed by atoms with Gasteiger partial charge in [-0.2, -0.15) is 0 Å². The molecule has 0 atom stereocenters. The zero-order chi connectivity index (χ0) is 17.9. The molecular weight excluding hydrogens is 348 g/mol. The number of thiophene rings is 1. The first-order chi connectivity index (χ1) is 12.8. The summed E-state index contributed by atoms with van der Waals surface area (Å²) in [6.07, 6.45) is 8.31. The molecule has 140 valence electrons. The van der Waals surface area contributed by atoms with Gasteiger partial charge < -0.3 is 15.0 Å². The molecule has 3 heterocycles.